The van der Waals surface area contributed by atoms with E-state index in [2.05, 4.69) is 29.0 Å². The molecule has 0 saturated heterocycles. The summed E-state index contributed by atoms with van der Waals surface area (Å²) in [4.78, 5) is 7.25. The van der Waals surface area contributed by atoms with Crippen molar-refractivity contribution in [2.45, 2.75) is 12.8 Å². The monoisotopic (exact) mass is 187 g/mol. The van der Waals surface area contributed by atoms with Crippen LogP contribution in [0.5, 0.6) is 0 Å². The van der Waals surface area contributed by atoms with Gasteiger partial charge in [0.25, 0.3) is 0 Å². The largest absolute Gasteiger partial charge is 0.384 e. The topological polar surface area (TPSA) is 54.7 Å². The molecular weight excluding hydrogens is 174 g/mol. The number of nitrogens with two attached hydrogens (primary N) is 1. The third-order valence-electron chi connectivity index (χ3n) is 2.32. The van der Waals surface area contributed by atoms with Gasteiger partial charge in [0.1, 0.15) is 11.6 Å². The first-order chi connectivity index (χ1) is 6.77. The van der Waals surface area contributed by atoms with E-state index >= 15 is 0 Å². The number of aromatic nitrogens is 2. The molecule has 0 aliphatic heterocycles. The van der Waals surface area contributed by atoms with Gasteiger partial charge >= 0.3 is 0 Å². The van der Waals surface area contributed by atoms with E-state index in [1.54, 1.807) is 6.20 Å². The molecule has 3 heteroatoms. The number of benzene rings is 1. The second-order valence-electron chi connectivity index (χ2n) is 3.36. The molecule has 1 atom stereocenters. The van der Waals surface area contributed by atoms with Crippen LogP contribution in [0.15, 0.2) is 36.5 Å². The van der Waals surface area contributed by atoms with Crippen molar-refractivity contribution in [2.24, 2.45) is 0 Å². The lowest BCUT2D eigenvalue weighted by Crippen LogP contribution is -1.98. The van der Waals surface area contributed by atoms with Gasteiger partial charge in [-0.15, -0.1) is 0 Å². The molecule has 0 amide bonds. The fourth-order valence-electron chi connectivity index (χ4n) is 1.47. The fourth-order valence-corrected chi connectivity index (χ4v) is 1.47. The number of aromatic amines is 1. The molecule has 1 heterocycles. The summed E-state index contributed by atoms with van der Waals surface area (Å²) in [5.74, 6) is 1.78. The summed E-state index contributed by atoms with van der Waals surface area (Å²) in [6.45, 7) is 2.10. The van der Waals surface area contributed by atoms with Crippen LogP contribution < -0.4 is 5.73 Å². The Bertz CT molecular complexity index is 405. The van der Waals surface area contributed by atoms with E-state index < -0.39 is 0 Å². The number of nitrogens with one attached hydrogen (secondary N) is 1. The highest BCUT2D eigenvalue weighted by Gasteiger charge is 2.10. The first kappa shape index (κ1) is 8.81. The first-order valence-corrected chi connectivity index (χ1v) is 4.62. The van der Waals surface area contributed by atoms with Crippen molar-refractivity contribution in [1.82, 2.24) is 9.97 Å². The van der Waals surface area contributed by atoms with E-state index in [0.29, 0.717) is 5.82 Å². The number of hydrogen-bond donors (Lipinski definition) is 2. The number of hydrogen-bond acceptors (Lipinski definition) is 2. The van der Waals surface area contributed by atoms with Crippen LogP contribution in [0.25, 0.3) is 0 Å². The van der Waals surface area contributed by atoms with E-state index in [1.807, 2.05) is 18.2 Å². The third kappa shape index (κ3) is 1.62. The lowest BCUT2D eigenvalue weighted by atomic mass is 10.0. The van der Waals surface area contributed by atoms with Gasteiger partial charge in [0.2, 0.25) is 0 Å². The summed E-state index contributed by atoms with van der Waals surface area (Å²) < 4.78 is 0. The van der Waals surface area contributed by atoms with Gasteiger partial charge < -0.3 is 10.7 Å². The van der Waals surface area contributed by atoms with Gasteiger partial charge in [-0.1, -0.05) is 37.3 Å². The fraction of sp³-hybridized carbons (Fsp3) is 0.182. The summed E-state index contributed by atoms with van der Waals surface area (Å²) in [6.07, 6.45) is 1.65. The average molecular weight is 187 g/mol. The van der Waals surface area contributed by atoms with Crippen LogP contribution in [-0.2, 0) is 0 Å². The van der Waals surface area contributed by atoms with Crippen LogP contribution in [0.4, 0.5) is 5.82 Å². The van der Waals surface area contributed by atoms with E-state index in [0.717, 1.165) is 5.82 Å². The molecule has 1 aromatic heterocycles. The van der Waals surface area contributed by atoms with Crippen LogP contribution in [0, 0.1) is 0 Å². The van der Waals surface area contributed by atoms with Crippen LogP contribution in [0.2, 0.25) is 0 Å². The summed E-state index contributed by atoms with van der Waals surface area (Å²) in [5, 5.41) is 0. The van der Waals surface area contributed by atoms with Crippen molar-refractivity contribution in [2.75, 3.05) is 5.73 Å². The predicted octanol–water partition coefficient (Wildman–Crippen LogP) is 2.14. The van der Waals surface area contributed by atoms with Crippen molar-refractivity contribution in [3.8, 4) is 0 Å². The zero-order valence-corrected chi connectivity index (χ0v) is 8.07. The van der Waals surface area contributed by atoms with Crippen LogP contribution in [0.3, 0.4) is 0 Å². The molecule has 3 nitrogen and oxygen atoms in total. The Labute approximate surface area is 83.0 Å². The molecule has 0 spiro atoms. The molecule has 2 aromatic rings. The molecule has 0 aliphatic carbocycles. The Morgan fingerprint density at radius 2 is 2.00 bits per heavy atom. The van der Waals surface area contributed by atoms with Crippen LogP contribution in [0.1, 0.15) is 24.2 Å². The zero-order chi connectivity index (χ0) is 9.97. The average Bonchev–Trinajstić information content (AvgIpc) is 2.65. The van der Waals surface area contributed by atoms with Gasteiger partial charge in [0, 0.05) is 5.92 Å². The Hall–Kier alpha value is -1.77. The zero-order valence-electron chi connectivity index (χ0n) is 8.07. The van der Waals surface area contributed by atoms with Crippen molar-refractivity contribution < 1.29 is 0 Å². The number of nitrogen functional groups attached to an aromatic ring is 1. The second kappa shape index (κ2) is 3.54. The number of nitrogens with zero attached hydrogens (tertiary/aromatic N) is 1. The maximum absolute atomic E-state index is 5.58. The second-order valence-corrected chi connectivity index (χ2v) is 3.36. The highest BCUT2D eigenvalue weighted by Crippen LogP contribution is 2.21. The summed E-state index contributed by atoms with van der Waals surface area (Å²) in [5.41, 5.74) is 6.81. The molecule has 0 radical (unpaired) electrons. The maximum Gasteiger partial charge on any atom is 0.120 e. The number of imidazole rings is 1. The van der Waals surface area contributed by atoms with E-state index in [-0.39, 0.29) is 5.92 Å². The summed E-state index contributed by atoms with van der Waals surface area (Å²) in [7, 11) is 0. The maximum atomic E-state index is 5.58. The lowest BCUT2D eigenvalue weighted by Gasteiger charge is -2.07. The third-order valence-corrected chi connectivity index (χ3v) is 2.32. The van der Waals surface area contributed by atoms with Crippen molar-refractivity contribution in [1.29, 1.82) is 0 Å². The standard InChI is InChI=1S/C11H13N3/c1-8(9-5-3-2-4-6-9)11-13-7-10(12)14-11/h2-8H,12H2,1H3,(H,13,14). The van der Waals surface area contributed by atoms with Gasteiger partial charge in [-0.25, -0.2) is 4.98 Å². The van der Waals surface area contributed by atoms with Crippen LogP contribution in [-0.4, -0.2) is 9.97 Å². The van der Waals surface area contributed by atoms with E-state index in [4.69, 9.17) is 5.73 Å². The summed E-state index contributed by atoms with van der Waals surface area (Å²) >= 11 is 0. The molecule has 14 heavy (non-hydrogen) atoms. The van der Waals surface area contributed by atoms with Gasteiger partial charge in [-0.05, 0) is 5.56 Å². The molecule has 1 unspecified atom stereocenters. The smallest absolute Gasteiger partial charge is 0.120 e. The number of H-pyrrole nitrogens is 1. The Balaban J connectivity index is 2.29. The molecule has 72 valence electrons. The Morgan fingerprint density at radius 3 is 2.57 bits per heavy atom. The van der Waals surface area contributed by atoms with Crippen LogP contribution >= 0.6 is 0 Å². The van der Waals surface area contributed by atoms with E-state index in [1.165, 1.54) is 5.56 Å². The quantitative estimate of drug-likeness (QED) is 0.756. The molecule has 2 rings (SSSR count). The van der Waals surface area contributed by atoms with Gasteiger partial charge in [0.15, 0.2) is 0 Å². The van der Waals surface area contributed by atoms with E-state index in [9.17, 15) is 0 Å². The van der Waals surface area contributed by atoms with Gasteiger partial charge in [-0.3, -0.25) is 0 Å². The molecule has 3 N–H and O–H groups in total. The van der Waals surface area contributed by atoms with Gasteiger partial charge in [0.05, 0.1) is 6.20 Å². The van der Waals surface area contributed by atoms with Crippen molar-refractivity contribution in [3.63, 3.8) is 0 Å². The summed E-state index contributed by atoms with van der Waals surface area (Å²) in [6, 6.07) is 10.2. The molecule has 0 bridgehead atoms. The van der Waals surface area contributed by atoms with Crippen molar-refractivity contribution in [3.05, 3.63) is 47.9 Å². The lowest BCUT2D eigenvalue weighted by molar-refractivity contribution is 0.841. The normalized spacial score (nSPS) is 12.6. The highest BCUT2D eigenvalue weighted by atomic mass is 15.0. The molecule has 1 aromatic carbocycles. The Morgan fingerprint density at radius 1 is 1.29 bits per heavy atom. The molecule has 0 fully saturated rings. The predicted molar refractivity (Wildman–Crippen MR) is 57.0 cm³/mol. The minimum Gasteiger partial charge on any atom is -0.384 e. The SMILES string of the molecule is CC(c1ccccc1)c1ncc(N)[nH]1. The Kier molecular flexibility index (Phi) is 2.23. The molecular formula is C11H13N3. The minimum atomic E-state index is 0.258. The van der Waals surface area contributed by atoms with Crippen molar-refractivity contribution >= 4 is 5.82 Å². The number of anilines is 1. The number of rotatable bonds is 2. The molecule has 0 saturated carbocycles. The highest BCUT2D eigenvalue weighted by molar-refractivity contribution is 5.30. The molecule has 0 aliphatic rings. The van der Waals surface area contributed by atoms with Gasteiger partial charge in [-0.2, -0.15) is 0 Å². The first-order valence-electron chi connectivity index (χ1n) is 4.62. The minimum absolute atomic E-state index is 0.258.